The van der Waals surface area contributed by atoms with Gasteiger partial charge < -0.3 is 14.8 Å². The predicted molar refractivity (Wildman–Crippen MR) is 75.4 cm³/mol. The maximum Gasteiger partial charge on any atom is 0.169 e. The molecular formula is C16H10F2N2O2. The Bertz CT molecular complexity index is 897. The molecule has 3 aromatic rings. The van der Waals surface area contributed by atoms with E-state index in [2.05, 4.69) is 4.98 Å². The maximum atomic E-state index is 14.2. The van der Waals surface area contributed by atoms with Gasteiger partial charge in [0.05, 0.1) is 12.2 Å². The van der Waals surface area contributed by atoms with Crippen molar-refractivity contribution in [3.63, 3.8) is 0 Å². The lowest BCUT2D eigenvalue weighted by Gasteiger charge is -2.12. The van der Waals surface area contributed by atoms with E-state index in [0.29, 0.717) is 10.9 Å². The quantitative estimate of drug-likeness (QED) is 0.776. The van der Waals surface area contributed by atoms with Crippen molar-refractivity contribution in [3.05, 3.63) is 59.3 Å². The molecule has 0 aliphatic carbocycles. The Labute approximate surface area is 124 Å². The van der Waals surface area contributed by atoms with E-state index in [9.17, 15) is 13.9 Å². The number of H-pyrrole nitrogens is 1. The number of benzene rings is 2. The number of aromatic nitrogens is 1. The monoisotopic (exact) mass is 300 g/mol. The number of hydrogen-bond acceptors (Lipinski definition) is 3. The molecule has 0 unspecified atom stereocenters. The Kier molecular flexibility index (Phi) is 3.49. The van der Waals surface area contributed by atoms with Crippen LogP contribution in [0.2, 0.25) is 0 Å². The van der Waals surface area contributed by atoms with E-state index in [-0.39, 0.29) is 22.6 Å². The predicted octanol–water partition coefficient (Wildman–Crippen LogP) is 3.60. The highest BCUT2D eigenvalue weighted by molar-refractivity contribution is 5.85. The van der Waals surface area contributed by atoms with Crippen LogP contribution in [0.3, 0.4) is 0 Å². The number of fused-ring (bicyclic) bond motifs is 1. The third kappa shape index (κ3) is 2.28. The molecule has 0 amide bonds. The van der Waals surface area contributed by atoms with E-state index < -0.39 is 18.2 Å². The molecular weight excluding hydrogens is 290 g/mol. The Hall–Kier alpha value is -2.91. The van der Waals surface area contributed by atoms with Crippen LogP contribution in [0.5, 0.6) is 11.5 Å². The number of halogens is 2. The third-order valence-corrected chi connectivity index (χ3v) is 3.30. The number of hydrogen-bond donors (Lipinski definition) is 2. The average Bonchev–Trinajstić information content (AvgIpc) is 2.97. The molecule has 2 N–H and O–H groups in total. The van der Waals surface area contributed by atoms with Gasteiger partial charge in [0.1, 0.15) is 17.6 Å². The first kappa shape index (κ1) is 14.0. The summed E-state index contributed by atoms with van der Waals surface area (Å²) in [6.07, 6.45) is 1.62. The van der Waals surface area contributed by atoms with Gasteiger partial charge in [-0.3, -0.25) is 0 Å². The second kappa shape index (κ2) is 5.47. The highest BCUT2D eigenvalue weighted by Gasteiger charge is 2.16. The first-order valence-electron chi connectivity index (χ1n) is 6.41. The lowest BCUT2D eigenvalue weighted by atomic mass is 10.1. The standard InChI is InChI=1S/C16H10F2N2O2/c17-13-2-1-10(5-9(13)7-19)22-16-12(8-21)11-3-4-20-15(11)6-14(16)18/h1-6,20-21H,8H2. The minimum atomic E-state index is -0.682. The topological polar surface area (TPSA) is 69.0 Å². The van der Waals surface area contributed by atoms with Gasteiger partial charge in [0, 0.05) is 34.8 Å². The summed E-state index contributed by atoms with van der Waals surface area (Å²) in [5, 5.41) is 18.9. The SMILES string of the molecule is N#Cc1cc(Oc2c(F)cc3[nH]ccc3c2CO)ccc1F. The number of nitrogens with one attached hydrogen (secondary N) is 1. The van der Waals surface area contributed by atoms with Crippen LogP contribution >= 0.6 is 0 Å². The summed E-state index contributed by atoms with van der Waals surface area (Å²) < 4.78 is 32.9. The van der Waals surface area contributed by atoms with Crippen molar-refractivity contribution in [3.8, 4) is 17.6 Å². The van der Waals surface area contributed by atoms with E-state index in [1.807, 2.05) is 0 Å². The summed E-state index contributed by atoms with van der Waals surface area (Å²) in [6.45, 7) is -0.423. The van der Waals surface area contributed by atoms with Crippen molar-refractivity contribution in [2.75, 3.05) is 0 Å². The summed E-state index contributed by atoms with van der Waals surface area (Å²) in [4.78, 5) is 2.85. The van der Waals surface area contributed by atoms with Crippen molar-refractivity contribution in [1.29, 1.82) is 5.26 Å². The largest absolute Gasteiger partial charge is 0.454 e. The molecule has 2 aromatic carbocycles. The zero-order chi connectivity index (χ0) is 15.7. The molecule has 1 aromatic heterocycles. The summed E-state index contributed by atoms with van der Waals surface area (Å²) >= 11 is 0. The molecule has 0 aliphatic heterocycles. The second-order valence-corrected chi connectivity index (χ2v) is 4.62. The van der Waals surface area contributed by atoms with Gasteiger partial charge in [-0.15, -0.1) is 0 Å². The normalized spacial score (nSPS) is 10.6. The van der Waals surface area contributed by atoms with Crippen LogP contribution in [0, 0.1) is 23.0 Å². The lowest BCUT2D eigenvalue weighted by Crippen LogP contribution is -1.97. The molecule has 0 aliphatic rings. The van der Waals surface area contributed by atoms with Crippen LogP contribution in [0.15, 0.2) is 36.5 Å². The molecule has 4 nitrogen and oxygen atoms in total. The zero-order valence-electron chi connectivity index (χ0n) is 11.2. The van der Waals surface area contributed by atoms with E-state index in [4.69, 9.17) is 10.00 Å². The molecule has 6 heteroatoms. The van der Waals surface area contributed by atoms with Crippen LogP contribution in [0.4, 0.5) is 8.78 Å². The van der Waals surface area contributed by atoms with Crippen molar-refractivity contribution >= 4 is 10.9 Å². The Morgan fingerprint density at radius 3 is 2.73 bits per heavy atom. The van der Waals surface area contributed by atoms with Crippen molar-refractivity contribution in [2.45, 2.75) is 6.61 Å². The van der Waals surface area contributed by atoms with Gasteiger partial charge in [-0.2, -0.15) is 5.26 Å². The first-order valence-corrected chi connectivity index (χ1v) is 6.41. The van der Waals surface area contributed by atoms with E-state index in [0.717, 1.165) is 6.07 Å². The number of aliphatic hydroxyl groups excluding tert-OH is 1. The van der Waals surface area contributed by atoms with Crippen LogP contribution in [-0.4, -0.2) is 10.1 Å². The van der Waals surface area contributed by atoms with Gasteiger partial charge in [0.2, 0.25) is 0 Å². The average molecular weight is 300 g/mol. The van der Waals surface area contributed by atoms with Gasteiger partial charge in [0.15, 0.2) is 11.6 Å². The molecule has 22 heavy (non-hydrogen) atoms. The van der Waals surface area contributed by atoms with Crippen LogP contribution in [-0.2, 0) is 6.61 Å². The van der Waals surface area contributed by atoms with Gasteiger partial charge in [-0.05, 0) is 18.2 Å². The van der Waals surface area contributed by atoms with Gasteiger partial charge >= 0.3 is 0 Å². The second-order valence-electron chi connectivity index (χ2n) is 4.62. The minimum Gasteiger partial charge on any atom is -0.454 e. The molecule has 0 spiro atoms. The molecule has 0 fully saturated rings. The fourth-order valence-corrected chi connectivity index (χ4v) is 2.26. The van der Waals surface area contributed by atoms with Crippen LogP contribution in [0.1, 0.15) is 11.1 Å². The first-order chi connectivity index (χ1) is 10.6. The minimum absolute atomic E-state index is 0.112. The van der Waals surface area contributed by atoms with Gasteiger partial charge in [0.25, 0.3) is 0 Å². The number of aliphatic hydroxyl groups is 1. The fourth-order valence-electron chi connectivity index (χ4n) is 2.26. The number of aromatic amines is 1. The molecule has 0 saturated carbocycles. The smallest absolute Gasteiger partial charge is 0.169 e. The molecule has 1 heterocycles. The van der Waals surface area contributed by atoms with Crippen LogP contribution in [0.25, 0.3) is 10.9 Å². The van der Waals surface area contributed by atoms with Crippen LogP contribution < -0.4 is 4.74 Å². The van der Waals surface area contributed by atoms with E-state index in [1.165, 1.54) is 18.2 Å². The number of rotatable bonds is 3. The highest BCUT2D eigenvalue weighted by atomic mass is 19.1. The number of nitriles is 1. The highest BCUT2D eigenvalue weighted by Crippen LogP contribution is 2.34. The van der Waals surface area contributed by atoms with Gasteiger partial charge in [-0.1, -0.05) is 0 Å². The molecule has 0 radical (unpaired) electrons. The molecule has 3 rings (SSSR count). The van der Waals surface area contributed by atoms with E-state index in [1.54, 1.807) is 18.3 Å². The van der Waals surface area contributed by atoms with Crippen molar-refractivity contribution < 1.29 is 18.6 Å². The maximum absolute atomic E-state index is 14.2. The Morgan fingerprint density at radius 2 is 2.00 bits per heavy atom. The fraction of sp³-hybridized carbons (Fsp3) is 0.0625. The molecule has 0 atom stereocenters. The molecule has 0 saturated heterocycles. The summed E-state index contributed by atoms with van der Waals surface area (Å²) in [7, 11) is 0. The van der Waals surface area contributed by atoms with E-state index >= 15 is 0 Å². The summed E-state index contributed by atoms with van der Waals surface area (Å²) in [5.41, 5.74) is 0.607. The number of nitrogens with zero attached hydrogens (tertiary/aromatic N) is 1. The lowest BCUT2D eigenvalue weighted by molar-refractivity contribution is 0.276. The van der Waals surface area contributed by atoms with Crippen molar-refractivity contribution in [2.24, 2.45) is 0 Å². The third-order valence-electron chi connectivity index (χ3n) is 3.30. The Balaban J connectivity index is 2.11. The molecule has 0 bridgehead atoms. The molecule has 110 valence electrons. The van der Waals surface area contributed by atoms with Gasteiger partial charge in [-0.25, -0.2) is 8.78 Å². The number of ether oxygens (including phenoxy) is 1. The summed E-state index contributed by atoms with van der Waals surface area (Å²) in [5.74, 6) is -1.38. The zero-order valence-corrected chi connectivity index (χ0v) is 11.2. The Morgan fingerprint density at radius 1 is 1.18 bits per heavy atom. The summed E-state index contributed by atoms with van der Waals surface area (Å²) in [6, 6.07) is 8.16. The van der Waals surface area contributed by atoms with Crippen molar-refractivity contribution in [1.82, 2.24) is 4.98 Å².